The number of anilines is 1. The number of fused-ring (bicyclic) bond motifs is 1. The van der Waals surface area contributed by atoms with E-state index >= 15 is 0 Å². The van der Waals surface area contributed by atoms with Crippen molar-refractivity contribution in [2.45, 2.75) is 18.9 Å². The highest BCUT2D eigenvalue weighted by Gasteiger charge is 2.23. The molecule has 0 heterocycles. The zero-order valence-corrected chi connectivity index (χ0v) is 10.1. The second kappa shape index (κ2) is 4.61. The molecule has 1 aliphatic rings. The minimum Gasteiger partial charge on any atom is -0.376 e. The molecule has 19 heavy (non-hydrogen) atoms. The van der Waals surface area contributed by atoms with Crippen LogP contribution < -0.4 is 5.32 Å². The van der Waals surface area contributed by atoms with E-state index in [1.54, 1.807) is 0 Å². The van der Waals surface area contributed by atoms with E-state index in [1.165, 1.54) is 11.6 Å². The van der Waals surface area contributed by atoms with E-state index in [1.807, 2.05) is 24.3 Å². The molecule has 0 bridgehead atoms. The smallest absolute Gasteiger partial charge is 0.196 e. The number of benzene rings is 2. The fourth-order valence-corrected chi connectivity index (χ4v) is 2.53. The van der Waals surface area contributed by atoms with E-state index in [4.69, 9.17) is 0 Å². The molecule has 0 spiro atoms. The molecular weight excluding hydrogens is 251 g/mol. The van der Waals surface area contributed by atoms with E-state index in [0.29, 0.717) is 0 Å². The lowest BCUT2D eigenvalue weighted by Crippen LogP contribution is -2.09. The summed E-state index contributed by atoms with van der Waals surface area (Å²) in [5, 5.41) is 2.95. The van der Waals surface area contributed by atoms with Crippen molar-refractivity contribution in [2.24, 2.45) is 0 Å². The highest BCUT2D eigenvalue weighted by molar-refractivity contribution is 5.49. The van der Waals surface area contributed by atoms with E-state index in [9.17, 15) is 13.2 Å². The Labute approximate surface area is 109 Å². The van der Waals surface area contributed by atoms with Gasteiger partial charge in [0.05, 0.1) is 11.7 Å². The van der Waals surface area contributed by atoms with Crippen LogP contribution in [0.4, 0.5) is 18.9 Å². The lowest BCUT2D eigenvalue weighted by Gasteiger charge is -2.16. The van der Waals surface area contributed by atoms with Gasteiger partial charge >= 0.3 is 0 Å². The molecule has 0 saturated heterocycles. The first-order valence-electron chi connectivity index (χ1n) is 6.14. The van der Waals surface area contributed by atoms with Crippen LogP contribution in [0.1, 0.15) is 23.6 Å². The van der Waals surface area contributed by atoms with Crippen molar-refractivity contribution in [3.8, 4) is 0 Å². The van der Waals surface area contributed by atoms with Gasteiger partial charge in [-0.2, -0.15) is 0 Å². The van der Waals surface area contributed by atoms with Gasteiger partial charge in [0.15, 0.2) is 17.5 Å². The van der Waals surface area contributed by atoms with Crippen LogP contribution in [0.3, 0.4) is 0 Å². The summed E-state index contributed by atoms with van der Waals surface area (Å²) in [5.41, 5.74) is 2.30. The molecule has 3 rings (SSSR count). The standard InChI is InChI=1S/C15H12F3N/c16-11-6-8-13(15(18)14(11)17)19-12-7-5-9-3-1-2-4-10(9)12/h1-4,6,8,12,19H,5,7H2. The molecule has 1 N–H and O–H groups in total. The Kier molecular flexibility index (Phi) is 2.93. The van der Waals surface area contributed by atoms with Gasteiger partial charge < -0.3 is 5.32 Å². The number of aryl methyl sites for hydroxylation is 1. The van der Waals surface area contributed by atoms with E-state index in [0.717, 1.165) is 24.5 Å². The van der Waals surface area contributed by atoms with Crippen molar-refractivity contribution in [3.05, 3.63) is 65.0 Å². The Bertz CT molecular complexity index is 625. The third-order valence-electron chi connectivity index (χ3n) is 3.50. The summed E-state index contributed by atoms with van der Waals surface area (Å²) in [6.07, 6.45) is 1.72. The Morgan fingerprint density at radius 1 is 0.947 bits per heavy atom. The molecule has 4 heteroatoms. The largest absolute Gasteiger partial charge is 0.376 e. The lowest BCUT2D eigenvalue weighted by molar-refractivity contribution is 0.448. The summed E-state index contributed by atoms with van der Waals surface area (Å²) in [5.74, 6) is -3.77. The number of halogens is 3. The molecule has 98 valence electrons. The Balaban J connectivity index is 1.90. The first kappa shape index (κ1) is 12.1. The average Bonchev–Trinajstić information content (AvgIpc) is 2.83. The minimum absolute atomic E-state index is 0.000558. The number of hydrogen-bond donors (Lipinski definition) is 1. The summed E-state index contributed by atoms with van der Waals surface area (Å²) >= 11 is 0. The van der Waals surface area contributed by atoms with Gasteiger partial charge in [0.25, 0.3) is 0 Å². The average molecular weight is 263 g/mol. The summed E-state index contributed by atoms with van der Waals surface area (Å²) < 4.78 is 39.7. The summed E-state index contributed by atoms with van der Waals surface area (Å²) in [7, 11) is 0. The van der Waals surface area contributed by atoms with Crippen molar-refractivity contribution in [1.82, 2.24) is 0 Å². The van der Waals surface area contributed by atoms with Crippen LogP contribution in [-0.4, -0.2) is 0 Å². The molecule has 1 nitrogen and oxygen atoms in total. The van der Waals surface area contributed by atoms with Crippen molar-refractivity contribution in [3.63, 3.8) is 0 Å². The summed E-state index contributed by atoms with van der Waals surface area (Å²) in [6.45, 7) is 0. The highest BCUT2D eigenvalue weighted by atomic mass is 19.2. The van der Waals surface area contributed by atoms with Crippen LogP contribution in [0, 0.1) is 17.5 Å². The van der Waals surface area contributed by atoms with Crippen LogP contribution in [0.15, 0.2) is 36.4 Å². The summed E-state index contributed by atoms with van der Waals surface area (Å²) in [6, 6.07) is 9.97. The van der Waals surface area contributed by atoms with E-state index in [-0.39, 0.29) is 11.7 Å². The maximum Gasteiger partial charge on any atom is 0.196 e. The fraction of sp³-hybridized carbons (Fsp3) is 0.200. The molecule has 0 aliphatic heterocycles. The van der Waals surface area contributed by atoms with Crippen molar-refractivity contribution in [2.75, 3.05) is 5.32 Å². The van der Waals surface area contributed by atoms with Crippen LogP contribution in [0.25, 0.3) is 0 Å². The molecule has 0 radical (unpaired) electrons. The zero-order chi connectivity index (χ0) is 13.4. The first-order chi connectivity index (χ1) is 9.16. The van der Waals surface area contributed by atoms with Crippen molar-refractivity contribution >= 4 is 5.69 Å². The molecule has 2 aromatic carbocycles. The molecule has 0 saturated carbocycles. The molecule has 2 aromatic rings. The third-order valence-corrected chi connectivity index (χ3v) is 3.50. The van der Waals surface area contributed by atoms with Gasteiger partial charge in [-0.1, -0.05) is 24.3 Å². The number of rotatable bonds is 2. The Morgan fingerprint density at radius 3 is 2.58 bits per heavy atom. The minimum atomic E-state index is -1.43. The summed E-state index contributed by atoms with van der Waals surface area (Å²) in [4.78, 5) is 0. The first-order valence-corrected chi connectivity index (χ1v) is 6.14. The molecular formula is C15H12F3N. The predicted octanol–water partition coefficient (Wildman–Crippen LogP) is 4.20. The molecule has 1 unspecified atom stereocenters. The predicted molar refractivity (Wildman–Crippen MR) is 67.4 cm³/mol. The van der Waals surface area contributed by atoms with Crippen LogP contribution in [0.2, 0.25) is 0 Å². The maximum atomic E-state index is 13.6. The second-order valence-electron chi connectivity index (χ2n) is 4.66. The topological polar surface area (TPSA) is 12.0 Å². The second-order valence-corrected chi connectivity index (χ2v) is 4.66. The fourth-order valence-electron chi connectivity index (χ4n) is 2.53. The van der Waals surface area contributed by atoms with Crippen molar-refractivity contribution in [1.29, 1.82) is 0 Å². The SMILES string of the molecule is Fc1ccc(NC2CCc3ccccc32)c(F)c1F. The Morgan fingerprint density at radius 2 is 1.74 bits per heavy atom. The Hall–Kier alpha value is -1.97. The van der Waals surface area contributed by atoms with Crippen molar-refractivity contribution < 1.29 is 13.2 Å². The molecule has 1 atom stereocenters. The number of hydrogen-bond acceptors (Lipinski definition) is 1. The molecule has 0 amide bonds. The van der Waals surface area contributed by atoms with Gasteiger partial charge in [-0.25, -0.2) is 13.2 Å². The number of nitrogens with one attached hydrogen (secondary N) is 1. The molecule has 0 aromatic heterocycles. The third kappa shape index (κ3) is 2.07. The van der Waals surface area contributed by atoms with Gasteiger partial charge in [-0.3, -0.25) is 0 Å². The van der Waals surface area contributed by atoms with Gasteiger partial charge in [-0.15, -0.1) is 0 Å². The van der Waals surface area contributed by atoms with Crippen LogP contribution in [-0.2, 0) is 6.42 Å². The lowest BCUT2D eigenvalue weighted by atomic mass is 10.1. The molecule has 0 fully saturated rings. The van der Waals surface area contributed by atoms with Crippen LogP contribution >= 0.6 is 0 Å². The normalized spacial score (nSPS) is 17.3. The van der Waals surface area contributed by atoms with Gasteiger partial charge in [0.2, 0.25) is 0 Å². The van der Waals surface area contributed by atoms with E-state index < -0.39 is 17.5 Å². The highest BCUT2D eigenvalue weighted by Crippen LogP contribution is 2.34. The van der Waals surface area contributed by atoms with E-state index in [2.05, 4.69) is 5.32 Å². The zero-order valence-electron chi connectivity index (χ0n) is 10.1. The van der Waals surface area contributed by atoms with Crippen LogP contribution in [0.5, 0.6) is 0 Å². The molecule has 1 aliphatic carbocycles. The maximum absolute atomic E-state index is 13.6. The van der Waals surface area contributed by atoms with Gasteiger partial charge in [-0.05, 0) is 36.1 Å². The monoisotopic (exact) mass is 263 g/mol. The van der Waals surface area contributed by atoms with Gasteiger partial charge in [0, 0.05) is 0 Å². The quantitative estimate of drug-likeness (QED) is 0.800. The van der Waals surface area contributed by atoms with Gasteiger partial charge in [0.1, 0.15) is 0 Å².